The van der Waals surface area contributed by atoms with Crippen LogP contribution in [0.2, 0.25) is 10.0 Å². The monoisotopic (exact) mass is 448 g/mol. The third kappa shape index (κ3) is 4.16. The summed E-state index contributed by atoms with van der Waals surface area (Å²) < 4.78 is 53.6. The zero-order valence-electron chi connectivity index (χ0n) is 14.5. The highest BCUT2D eigenvalue weighted by Crippen LogP contribution is 2.27. The summed E-state index contributed by atoms with van der Waals surface area (Å²) in [5, 5.41) is 0.419. The molecule has 1 saturated heterocycles. The lowest BCUT2D eigenvalue weighted by atomic mass is 10.2. The summed E-state index contributed by atoms with van der Waals surface area (Å²) in [4.78, 5) is 0.237. The molecule has 0 saturated carbocycles. The van der Waals surface area contributed by atoms with Crippen LogP contribution in [0.3, 0.4) is 0 Å². The average Bonchev–Trinajstić information content (AvgIpc) is 2.64. The van der Waals surface area contributed by atoms with E-state index in [-0.39, 0.29) is 46.0 Å². The number of aryl methyl sites for hydroxylation is 1. The third-order valence-corrected chi connectivity index (χ3v) is 8.93. The first-order chi connectivity index (χ1) is 12.6. The summed E-state index contributed by atoms with van der Waals surface area (Å²) in [7, 11) is -7.42. The lowest BCUT2D eigenvalue weighted by molar-refractivity contribution is 0.273. The van der Waals surface area contributed by atoms with E-state index in [0.717, 1.165) is 5.56 Å². The number of halogens is 2. The van der Waals surface area contributed by atoms with Crippen LogP contribution < -0.4 is 0 Å². The van der Waals surface area contributed by atoms with Crippen LogP contribution in [-0.4, -0.2) is 51.6 Å². The van der Waals surface area contributed by atoms with Crippen LogP contribution in [0.1, 0.15) is 5.56 Å². The molecule has 0 aliphatic carbocycles. The van der Waals surface area contributed by atoms with Gasteiger partial charge in [0.1, 0.15) is 0 Å². The Bertz CT molecular complexity index is 1050. The van der Waals surface area contributed by atoms with Crippen LogP contribution >= 0.6 is 23.2 Å². The van der Waals surface area contributed by atoms with Gasteiger partial charge >= 0.3 is 0 Å². The van der Waals surface area contributed by atoms with Crippen molar-refractivity contribution in [1.82, 2.24) is 8.61 Å². The van der Waals surface area contributed by atoms with Crippen molar-refractivity contribution in [3.8, 4) is 0 Å². The van der Waals surface area contributed by atoms with Crippen LogP contribution in [0.25, 0.3) is 0 Å². The molecule has 0 N–H and O–H groups in total. The Hall–Kier alpha value is -1.16. The van der Waals surface area contributed by atoms with Crippen LogP contribution in [0.15, 0.2) is 52.3 Å². The highest BCUT2D eigenvalue weighted by molar-refractivity contribution is 7.89. The number of hydrogen-bond donors (Lipinski definition) is 0. The lowest BCUT2D eigenvalue weighted by Gasteiger charge is -2.33. The van der Waals surface area contributed by atoms with Crippen molar-refractivity contribution in [3.63, 3.8) is 0 Å². The molecule has 10 heteroatoms. The predicted molar refractivity (Wildman–Crippen MR) is 105 cm³/mol. The predicted octanol–water partition coefficient (Wildman–Crippen LogP) is 3.00. The molecule has 0 bridgehead atoms. The van der Waals surface area contributed by atoms with E-state index in [9.17, 15) is 16.8 Å². The van der Waals surface area contributed by atoms with Gasteiger partial charge in [-0.25, -0.2) is 16.8 Å². The van der Waals surface area contributed by atoms with E-state index in [1.165, 1.54) is 26.8 Å². The highest BCUT2D eigenvalue weighted by atomic mass is 35.5. The molecule has 2 aromatic carbocycles. The Morgan fingerprint density at radius 2 is 1.15 bits per heavy atom. The minimum absolute atomic E-state index is 0.0340. The van der Waals surface area contributed by atoms with Gasteiger partial charge in [-0.05, 0) is 37.3 Å². The van der Waals surface area contributed by atoms with Crippen LogP contribution in [0.4, 0.5) is 0 Å². The van der Waals surface area contributed by atoms with Crippen LogP contribution in [0, 0.1) is 6.92 Å². The molecule has 0 amide bonds. The summed E-state index contributed by atoms with van der Waals surface area (Å²) in [6.07, 6.45) is 0. The first-order valence-corrected chi connectivity index (χ1v) is 11.8. The first kappa shape index (κ1) is 20.6. The fourth-order valence-electron chi connectivity index (χ4n) is 2.80. The van der Waals surface area contributed by atoms with Gasteiger partial charge in [0.05, 0.1) is 19.8 Å². The zero-order valence-corrected chi connectivity index (χ0v) is 17.6. The summed E-state index contributed by atoms with van der Waals surface area (Å²) in [5.74, 6) is 0. The number of piperazine rings is 1. The maximum Gasteiger partial charge on any atom is 0.243 e. The van der Waals surface area contributed by atoms with E-state index in [4.69, 9.17) is 23.2 Å². The van der Waals surface area contributed by atoms with Gasteiger partial charge in [0.15, 0.2) is 0 Å². The minimum Gasteiger partial charge on any atom is -0.207 e. The van der Waals surface area contributed by atoms with Crippen molar-refractivity contribution in [2.75, 3.05) is 26.2 Å². The largest absolute Gasteiger partial charge is 0.243 e. The van der Waals surface area contributed by atoms with Gasteiger partial charge in [0.2, 0.25) is 20.0 Å². The van der Waals surface area contributed by atoms with Gasteiger partial charge in [0.25, 0.3) is 0 Å². The molecule has 0 atom stereocenters. The SMILES string of the molecule is Cc1ccc(S(=O)(=O)N2CCN(S(=O)(=O)c3ccc(Cl)c(Cl)c3)CC2)cc1. The van der Waals surface area contributed by atoms with E-state index in [1.807, 2.05) is 6.92 Å². The Kier molecular flexibility index (Phi) is 5.86. The molecule has 1 fully saturated rings. The second kappa shape index (κ2) is 7.69. The zero-order chi connectivity index (χ0) is 19.8. The maximum absolute atomic E-state index is 12.8. The molecule has 0 spiro atoms. The van der Waals surface area contributed by atoms with Gasteiger partial charge in [-0.3, -0.25) is 0 Å². The van der Waals surface area contributed by atoms with Crippen molar-refractivity contribution in [3.05, 3.63) is 58.1 Å². The summed E-state index contributed by atoms with van der Waals surface area (Å²) in [6, 6.07) is 10.7. The second-order valence-electron chi connectivity index (χ2n) is 6.20. The van der Waals surface area contributed by atoms with E-state index >= 15 is 0 Å². The Balaban J connectivity index is 1.76. The van der Waals surface area contributed by atoms with Crippen LogP contribution in [-0.2, 0) is 20.0 Å². The van der Waals surface area contributed by atoms with E-state index in [0.29, 0.717) is 0 Å². The van der Waals surface area contributed by atoms with Gasteiger partial charge in [-0.15, -0.1) is 0 Å². The molecule has 0 radical (unpaired) electrons. The molecule has 0 unspecified atom stereocenters. The van der Waals surface area contributed by atoms with Gasteiger partial charge < -0.3 is 0 Å². The first-order valence-electron chi connectivity index (χ1n) is 8.14. The van der Waals surface area contributed by atoms with Crippen molar-refractivity contribution in [1.29, 1.82) is 0 Å². The van der Waals surface area contributed by atoms with E-state index in [1.54, 1.807) is 24.3 Å². The molecule has 2 aromatic rings. The maximum atomic E-state index is 12.8. The molecule has 146 valence electrons. The molecular weight excluding hydrogens is 431 g/mol. The van der Waals surface area contributed by atoms with Gasteiger partial charge in [-0.1, -0.05) is 40.9 Å². The topological polar surface area (TPSA) is 74.8 Å². The normalized spacial score (nSPS) is 17.1. The van der Waals surface area contributed by atoms with E-state index in [2.05, 4.69) is 0 Å². The number of hydrogen-bond acceptors (Lipinski definition) is 4. The van der Waals surface area contributed by atoms with Gasteiger partial charge in [-0.2, -0.15) is 8.61 Å². The van der Waals surface area contributed by atoms with Crippen LogP contribution in [0.5, 0.6) is 0 Å². The standard InChI is InChI=1S/C17H18Cl2N2O4S2/c1-13-2-4-14(5-3-13)26(22,23)20-8-10-21(11-9-20)27(24,25)15-6-7-16(18)17(19)12-15/h2-7,12H,8-11H2,1H3. The van der Waals surface area contributed by atoms with E-state index < -0.39 is 20.0 Å². The molecule has 6 nitrogen and oxygen atoms in total. The van der Waals surface area contributed by atoms with Crippen molar-refractivity contribution < 1.29 is 16.8 Å². The average molecular weight is 449 g/mol. The Labute approximate surface area is 169 Å². The Morgan fingerprint density at radius 3 is 1.63 bits per heavy atom. The van der Waals surface area contributed by atoms with Crippen molar-refractivity contribution in [2.45, 2.75) is 16.7 Å². The molecular formula is C17H18Cl2N2O4S2. The molecule has 1 aliphatic heterocycles. The third-order valence-electron chi connectivity index (χ3n) is 4.39. The van der Waals surface area contributed by atoms with Crippen molar-refractivity contribution in [2.24, 2.45) is 0 Å². The fourth-order valence-corrected chi connectivity index (χ4v) is 6.03. The summed E-state index contributed by atoms with van der Waals surface area (Å²) in [5.41, 5.74) is 0.964. The number of rotatable bonds is 4. The molecule has 1 aliphatic rings. The molecule has 27 heavy (non-hydrogen) atoms. The minimum atomic E-state index is -3.77. The lowest BCUT2D eigenvalue weighted by Crippen LogP contribution is -2.50. The summed E-state index contributed by atoms with van der Waals surface area (Å²) in [6.45, 7) is 2.16. The summed E-state index contributed by atoms with van der Waals surface area (Å²) >= 11 is 11.8. The Morgan fingerprint density at radius 1 is 0.704 bits per heavy atom. The quantitative estimate of drug-likeness (QED) is 0.720. The molecule has 3 rings (SSSR count). The number of sulfonamides is 2. The van der Waals surface area contributed by atoms with Gasteiger partial charge in [0, 0.05) is 26.2 Å². The highest BCUT2D eigenvalue weighted by Gasteiger charge is 2.33. The molecule has 1 heterocycles. The molecule has 0 aromatic heterocycles. The number of benzene rings is 2. The van der Waals surface area contributed by atoms with Crippen molar-refractivity contribution >= 4 is 43.2 Å². The second-order valence-corrected chi connectivity index (χ2v) is 10.9. The smallest absolute Gasteiger partial charge is 0.207 e. The fraction of sp³-hybridized carbons (Fsp3) is 0.294. The number of nitrogens with zero attached hydrogens (tertiary/aromatic N) is 2.